The molecule has 0 radical (unpaired) electrons. The van der Waals surface area contributed by atoms with E-state index in [1.165, 1.54) is 44.1 Å². The molecule has 0 aromatic heterocycles. The summed E-state index contributed by atoms with van der Waals surface area (Å²) in [4.78, 5) is 12.8. The number of nitrogens with one attached hydrogen (secondary N) is 1. The smallest absolute Gasteiger partial charge is 0.259 e. The Hall–Kier alpha value is -2.49. The SMILES string of the molecule is COc1cccc(C(=O)Nc2ccc(C34CC5CC(CC(C5)C3)C4)cc2)c1OC. The molecule has 4 nitrogen and oxygen atoms in total. The van der Waals surface area contributed by atoms with E-state index in [0.717, 1.165) is 23.4 Å². The zero-order valence-electron chi connectivity index (χ0n) is 17.2. The van der Waals surface area contributed by atoms with Gasteiger partial charge in [-0.15, -0.1) is 0 Å². The first-order chi connectivity index (χ1) is 14.1. The van der Waals surface area contributed by atoms with E-state index < -0.39 is 0 Å². The molecule has 4 aliphatic rings. The summed E-state index contributed by atoms with van der Waals surface area (Å²) in [5.74, 6) is 3.61. The molecule has 0 heterocycles. The molecule has 0 unspecified atom stereocenters. The largest absolute Gasteiger partial charge is 0.493 e. The first kappa shape index (κ1) is 18.5. The van der Waals surface area contributed by atoms with Crippen molar-refractivity contribution in [1.29, 1.82) is 0 Å². The summed E-state index contributed by atoms with van der Waals surface area (Å²) < 4.78 is 10.7. The monoisotopic (exact) mass is 391 g/mol. The van der Waals surface area contributed by atoms with Crippen LogP contribution in [-0.2, 0) is 5.41 Å². The van der Waals surface area contributed by atoms with Gasteiger partial charge >= 0.3 is 0 Å². The highest BCUT2D eigenvalue weighted by molar-refractivity contribution is 6.06. The lowest BCUT2D eigenvalue weighted by molar-refractivity contribution is -0.00518. The highest BCUT2D eigenvalue weighted by Crippen LogP contribution is 2.60. The predicted octanol–water partition coefficient (Wildman–Crippen LogP) is 5.42. The average Bonchev–Trinajstić information content (AvgIpc) is 2.72. The molecule has 0 spiro atoms. The summed E-state index contributed by atoms with van der Waals surface area (Å²) in [6.07, 6.45) is 8.42. The second-order valence-electron chi connectivity index (χ2n) is 9.27. The lowest BCUT2D eigenvalue weighted by Gasteiger charge is -2.57. The Labute approximate surface area is 172 Å². The van der Waals surface area contributed by atoms with Gasteiger partial charge < -0.3 is 14.8 Å². The number of anilines is 1. The Morgan fingerprint density at radius 2 is 1.52 bits per heavy atom. The molecule has 4 bridgehead atoms. The quantitative estimate of drug-likeness (QED) is 0.740. The van der Waals surface area contributed by atoms with Crippen LogP contribution in [0.3, 0.4) is 0 Å². The van der Waals surface area contributed by atoms with Crippen LogP contribution in [-0.4, -0.2) is 20.1 Å². The molecule has 0 atom stereocenters. The second kappa shape index (κ2) is 7.08. The molecule has 2 aromatic rings. The molecule has 2 aromatic carbocycles. The fourth-order valence-electron chi connectivity index (χ4n) is 6.64. The Morgan fingerprint density at radius 3 is 2.07 bits per heavy atom. The number of hydrogen-bond donors (Lipinski definition) is 1. The zero-order valence-corrected chi connectivity index (χ0v) is 17.2. The number of ether oxygens (including phenoxy) is 2. The van der Waals surface area contributed by atoms with E-state index >= 15 is 0 Å². The summed E-state index contributed by atoms with van der Waals surface area (Å²) in [5, 5.41) is 3.01. The van der Waals surface area contributed by atoms with E-state index in [4.69, 9.17) is 9.47 Å². The predicted molar refractivity (Wildman–Crippen MR) is 114 cm³/mol. The van der Waals surface area contributed by atoms with Crippen molar-refractivity contribution in [3.63, 3.8) is 0 Å². The van der Waals surface area contributed by atoms with Gasteiger partial charge in [-0.05, 0) is 91.5 Å². The third-order valence-electron chi connectivity index (χ3n) is 7.44. The highest BCUT2D eigenvalue weighted by atomic mass is 16.5. The van der Waals surface area contributed by atoms with Gasteiger partial charge in [-0.25, -0.2) is 0 Å². The van der Waals surface area contributed by atoms with Gasteiger partial charge in [-0.1, -0.05) is 18.2 Å². The third kappa shape index (κ3) is 3.19. The van der Waals surface area contributed by atoms with E-state index in [-0.39, 0.29) is 5.91 Å². The van der Waals surface area contributed by atoms with Crippen molar-refractivity contribution >= 4 is 11.6 Å². The Balaban J connectivity index is 1.35. The molecule has 1 N–H and O–H groups in total. The minimum absolute atomic E-state index is 0.191. The fraction of sp³-hybridized carbons (Fsp3) is 0.480. The zero-order chi connectivity index (χ0) is 20.0. The van der Waals surface area contributed by atoms with Gasteiger partial charge in [0.25, 0.3) is 5.91 Å². The molecule has 4 aliphatic carbocycles. The average molecular weight is 392 g/mol. The Morgan fingerprint density at radius 1 is 0.897 bits per heavy atom. The van der Waals surface area contributed by atoms with Crippen molar-refractivity contribution in [2.75, 3.05) is 19.5 Å². The lowest BCUT2D eigenvalue weighted by Crippen LogP contribution is -2.48. The van der Waals surface area contributed by atoms with E-state index in [2.05, 4.69) is 29.6 Å². The van der Waals surface area contributed by atoms with E-state index in [0.29, 0.717) is 22.5 Å². The van der Waals surface area contributed by atoms with Gasteiger partial charge in [0.1, 0.15) is 0 Å². The standard InChI is InChI=1S/C25H29NO3/c1-28-22-5-3-4-21(23(22)29-2)24(27)26-20-8-6-19(7-9-20)25-13-16-10-17(14-25)12-18(11-16)15-25/h3-9,16-18H,10-15H2,1-2H3,(H,26,27). The molecule has 4 fully saturated rings. The van der Waals surface area contributed by atoms with Crippen LogP contribution in [0.15, 0.2) is 42.5 Å². The maximum atomic E-state index is 12.8. The van der Waals surface area contributed by atoms with Crippen LogP contribution in [0.1, 0.15) is 54.4 Å². The first-order valence-corrected chi connectivity index (χ1v) is 10.7. The lowest BCUT2D eigenvalue weighted by atomic mass is 9.48. The van der Waals surface area contributed by atoms with E-state index in [1.807, 2.05) is 0 Å². The molecule has 0 saturated heterocycles. The molecule has 0 aliphatic heterocycles. The van der Waals surface area contributed by atoms with Crippen molar-refractivity contribution in [2.45, 2.75) is 43.9 Å². The summed E-state index contributed by atoms with van der Waals surface area (Å²) in [6.45, 7) is 0. The number of benzene rings is 2. The number of carbonyl (C=O) groups is 1. The first-order valence-electron chi connectivity index (χ1n) is 10.7. The number of rotatable bonds is 5. The molecule has 4 saturated carbocycles. The summed E-state index contributed by atoms with van der Waals surface area (Å²) in [5.41, 5.74) is 3.13. The number of methoxy groups -OCH3 is 2. The fourth-order valence-corrected chi connectivity index (χ4v) is 6.64. The van der Waals surface area contributed by atoms with Crippen molar-refractivity contribution in [2.24, 2.45) is 17.8 Å². The van der Waals surface area contributed by atoms with Crippen LogP contribution in [0.2, 0.25) is 0 Å². The van der Waals surface area contributed by atoms with Crippen molar-refractivity contribution in [3.8, 4) is 11.5 Å². The summed E-state index contributed by atoms with van der Waals surface area (Å²) >= 11 is 0. The van der Waals surface area contributed by atoms with Crippen molar-refractivity contribution in [3.05, 3.63) is 53.6 Å². The maximum absolute atomic E-state index is 12.8. The van der Waals surface area contributed by atoms with E-state index in [1.54, 1.807) is 32.4 Å². The van der Waals surface area contributed by atoms with Gasteiger partial charge in [0.05, 0.1) is 19.8 Å². The number of amides is 1. The van der Waals surface area contributed by atoms with Gasteiger partial charge in [0, 0.05) is 5.69 Å². The minimum atomic E-state index is -0.191. The highest BCUT2D eigenvalue weighted by Gasteiger charge is 2.51. The van der Waals surface area contributed by atoms with E-state index in [9.17, 15) is 4.79 Å². The van der Waals surface area contributed by atoms with Gasteiger partial charge in [0.15, 0.2) is 11.5 Å². The van der Waals surface area contributed by atoms with Crippen molar-refractivity contribution < 1.29 is 14.3 Å². The normalized spacial score (nSPS) is 29.5. The molecule has 4 heteroatoms. The van der Waals surface area contributed by atoms with Crippen LogP contribution in [0.5, 0.6) is 11.5 Å². The van der Waals surface area contributed by atoms with Crippen molar-refractivity contribution in [1.82, 2.24) is 0 Å². The summed E-state index contributed by atoms with van der Waals surface area (Å²) in [7, 11) is 3.12. The Bertz CT molecular complexity index is 883. The van der Waals surface area contributed by atoms with Gasteiger partial charge in [-0.2, -0.15) is 0 Å². The molecule has 152 valence electrons. The molecular weight excluding hydrogens is 362 g/mol. The maximum Gasteiger partial charge on any atom is 0.259 e. The number of carbonyl (C=O) groups excluding carboxylic acids is 1. The van der Waals surface area contributed by atoms with Crippen LogP contribution in [0.25, 0.3) is 0 Å². The molecular formula is C25H29NO3. The van der Waals surface area contributed by atoms with Gasteiger partial charge in [-0.3, -0.25) is 4.79 Å². The Kier molecular flexibility index (Phi) is 4.53. The second-order valence-corrected chi connectivity index (χ2v) is 9.27. The molecule has 29 heavy (non-hydrogen) atoms. The topological polar surface area (TPSA) is 47.6 Å². The molecule has 6 rings (SSSR count). The minimum Gasteiger partial charge on any atom is -0.493 e. The number of para-hydroxylation sites is 1. The summed E-state index contributed by atoms with van der Waals surface area (Å²) in [6, 6.07) is 13.9. The van der Waals surface area contributed by atoms with Crippen LogP contribution in [0, 0.1) is 17.8 Å². The molecule has 1 amide bonds. The number of hydrogen-bond acceptors (Lipinski definition) is 3. The van der Waals surface area contributed by atoms with Crippen LogP contribution >= 0.6 is 0 Å². The third-order valence-corrected chi connectivity index (χ3v) is 7.44. The van der Waals surface area contributed by atoms with Crippen LogP contribution in [0.4, 0.5) is 5.69 Å². The van der Waals surface area contributed by atoms with Gasteiger partial charge in [0.2, 0.25) is 0 Å². The van der Waals surface area contributed by atoms with Crippen LogP contribution < -0.4 is 14.8 Å².